The predicted molar refractivity (Wildman–Crippen MR) is 433 cm³/mol. The molecule has 20 rings (SSSR count). The molecule has 8 heteroatoms. The molecule has 490 valence electrons. The molecular formula is C96H66N8. The fourth-order valence-electron chi connectivity index (χ4n) is 16.5. The van der Waals surface area contributed by atoms with Gasteiger partial charge in [0.1, 0.15) is 23.3 Å². The molecule has 0 bridgehead atoms. The van der Waals surface area contributed by atoms with Gasteiger partial charge < -0.3 is 9.13 Å². The van der Waals surface area contributed by atoms with Crippen molar-refractivity contribution in [3.05, 3.63) is 339 Å². The molecule has 0 aliphatic heterocycles. The Morgan fingerprint density at radius 1 is 0.212 bits per heavy atom. The largest absolute Gasteiger partial charge is 0.331 e. The van der Waals surface area contributed by atoms with Gasteiger partial charge in [0.05, 0.1) is 55.5 Å². The van der Waals surface area contributed by atoms with Crippen LogP contribution in [0.1, 0.15) is 11.6 Å². The molecule has 0 saturated heterocycles. The smallest absolute Gasteiger partial charge is 0.145 e. The molecular weight excluding hydrogens is 1270 g/mol. The maximum Gasteiger partial charge on any atom is 0.145 e. The molecule has 0 fully saturated rings. The van der Waals surface area contributed by atoms with Crippen LogP contribution in [0.15, 0.2) is 328 Å². The summed E-state index contributed by atoms with van der Waals surface area (Å²) in [4.78, 5) is 21.0. The normalized spacial score (nSPS) is 11.8. The summed E-state index contributed by atoms with van der Waals surface area (Å²) in [5, 5.41) is 9.12. The van der Waals surface area contributed by atoms with E-state index >= 15 is 0 Å². The second kappa shape index (κ2) is 24.1. The summed E-state index contributed by atoms with van der Waals surface area (Å²) in [5.74, 6) is 3.69. The lowest BCUT2D eigenvalue weighted by atomic mass is 9.82. The molecule has 0 atom stereocenters. The van der Waals surface area contributed by atoms with Crippen molar-refractivity contribution in [1.82, 2.24) is 38.2 Å². The molecule has 0 saturated carbocycles. The van der Waals surface area contributed by atoms with Crippen LogP contribution in [0.3, 0.4) is 0 Å². The third kappa shape index (κ3) is 9.60. The van der Waals surface area contributed by atoms with Crippen molar-refractivity contribution in [2.45, 2.75) is 13.8 Å². The van der Waals surface area contributed by atoms with Gasteiger partial charge in [0.2, 0.25) is 0 Å². The van der Waals surface area contributed by atoms with Gasteiger partial charge in [-0.1, -0.05) is 255 Å². The van der Waals surface area contributed by atoms with E-state index in [1.165, 1.54) is 27.1 Å². The molecule has 0 spiro atoms. The summed E-state index contributed by atoms with van der Waals surface area (Å²) in [5.41, 5.74) is 28.0. The van der Waals surface area contributed by atoms with Gasteiger partial charge in [-0.15, -0.1) is 0 Å². The molecule has 4 aromatic heterocycles. The Hall–Kier alpha value is -13.6. The number of hydrogen-bond acceptors (Lipinski definition) is 4. The number of hydrogen-bond donors (Lipinski definition) is 0. The number of benzene rings is 16. The summed E-state index contributed by atoms with van der Waals surface area (Å²) in [7, 11) is 4.21. The first-order valence-corrected chi connectivity index (χ1v) is 35.6. The standard InChI is InChI=1S/C96H66N8/c1-59-97-83-51-48-66(55-90(83)101(59)3)69-36-21-39-73-78(69)57-79-70(67-49-52-84-91(56-67)102(4)60(2)98-84)37-22-40-74(79)94(73)77-43-23-38-71(92(77)62-28-11-6-12-29-62)65-50-53-89-85(54-65)100-96(64-32-15-8-16-33-64)104(89)87-47-25-42-76-81(87)58-80-75(93(76)72-35-18-17-34-68(72)61-26-9-5-10-27-61)41-24-46-86(80)103-88-45-20-19-44-82(88)99-95(103)63-30-13-7-14-31-63/h5-58H,1-4H3. The van der Waals surface area contributed by atoms with Crippen molar-refractivity contribution in [3.63, 3.8) is 0 Å². The van der Waals surface area contributed by atoms with Crippen molar-refractivity contribution in [2.24, 2.45) is 14.1 Å². The van der Waals surface area contributed by atoms with Crippen LogP contribution >= 0.6 is 0 Å². The topological polar surface area (TPSA) is 71.3 Å². The van der Waals surface area contributed by atoms with E-state index in [9.17, 15) is 0 Å². The number of imidazole rings is 4. The lowest BCUT2D eigenvalue weighted by molar-refractivity contribution is 0.886. The van der Waals surface area contributed by atoms with Crippen molar-refractivity contribution in [3.8, 4) is 112 Å². The highest BCUT2D eigenvalue weighted by molar-refractivity contribution is 6.22. The van der Waals surface area contributed by atoms with Crippen molar-refractivity contribution in [2.75, 3.05) is 0 Å². The van der Waals surface area contributed by atoms with Crippen molar-refractivity contribution < 1.29 is 0 Å². The highest BCUT2D eigenvalue weighted by Gasteiger charge is 2.27. The second-order valence-corrected chi connectivity index (χ2v) is 27.4. The summed E-state index contributed by atoms with van der Waals surface area (Å²) in [6, 6.07) is 120. The van der Waals surface area contributed by atoms with E-state index in [1.54, 1.807) is 0 Å². The van der Waals surface area contributed by atoms with E-state index in [1.807, 2.05) is 0 Å². The Bertz CT molecular complexity index is 6730. The Morgan fingerprint density at radius 3 is 1.16 bits per heavy atom. The SMILES string of the molecule is Cc1nc2ccc(-c3cccc4c(-c5cccc(-c6ccc7c(c6)nc(-c6ccccc6)n7-c6cccc7c(-c8ccccc8-c8ccccc8)c8cccc(-n9c(-c%10ccccc%10)nc%10ccccc%109)c8cc67)c5-c5ccccc5)c5cccc(-c6ccc7nc(C)n(C)c7c6)c5cc34)cc2n1C. The maximum atomic E-state index is 5.82. The molecule has 8 nitrogen and oxygen atoms in total. The van der Waals surface area contributed by atoms with Crippen LogP contribution < -0.4 is 0 Å². The van der Waals surface area contributed by atoms with Crippen LogP contribution in [0, 0.1) is 13.8 Å². The summed E-state index contributed by atoms with van der Waals surface area (Å²) in [6.45, 7) is 4.15. The first-order valence-electron chi connectivity index (χ1n) is 35.6. The molecule has 0 radical (unpaired) electrons. The molecule has 0 aliphatic rings. The van der Waals surface area contributed by atoms with Crippen LogP contribution in [0.25, 0.3) is 199 Å². The minimum atomic E-state index is 0.845. The van der Waals surface area contributed by atoms with Crippen LogP contribution in [-0.2, 0) is 14.1 Å². The van der Waals surface area contributed by atoms with E-state index in [2.05, 4.69) is 374 Å². The third-order valence-electron chi connectivity index (χ3n) is 21.6. The van der Waals surface area contributed by atoms with Gasteiger partial charge in [-0.05, 0) is 197 Å². The second-order valence-electron chi connectivity index (χ2n) is 27.4. The van der Waals surface area contributed by atoms with Gasteiger partial charge in [-0.2, -0.15) is 0 Å². The van der Waals surface area contributed by atoms with Crippen molar-refractivity contribution in [1.29, 1.82) is 0 Å². The van der Waals surface area contributed by atoms with Gasteiger partial charge in [-0.25, -0.2) is 19.9 Å². The Balaban J connectivity index is 0.837. The average Bonchev–Trinajstić information content (AvgIpc) is 0.972. The number of aryl methyl sites for hydroxylation is 4. The van der Waals surface area contributed by atoms with Gasteiger partial charge in [0.25, 0.3) is 0 Å². The van der Waals surface area contributed by atoms with E-state index < -0.39 is 0 Å². The minimum Gasteiger partial charge on any atom is -0.331 e. The van der Waals surface area contributed by atoms with Gasteiger partial charge in [0.15, 0.2) is 0 Å². The molecule has 20 aromatic rings. The van der Waals surface area contributed by atoms with Crippen LogP contribution in [0.5, 0.6) is 0 Å². The molecule has 4 heterocycles. The Kier molecular flexibility index (Phi) is 14.0. The highest BCUT2D eigenvalue weighted by atomic mass is 15.1. The number of fused-ring (bicyclic) bond motifs is 8. The van der Waals surface area contributed by atoms with E-state index in [0.717, 1.165) is 184 Å². The number of aromatic nitrogens is 8. The third-order valence-corrected chi connectivity index (χ3v) is 21.6. The maximum absolute atomic E-state index is 5.82. The van der Waals surface area contributed by atoms with Gasteiger partial charge >= 0.3 is 0 Å². The van der Waals surface area contributed by atoms with Gasteiger partial charge in [0, 0.05) is 36.0 Å². The first kappa shape index (κ1) is 60.4. The number of rotatable bonds is 11. The summed E-state index contributed by atoms with van der Waals surface area (Å²) in [6.07, 6.45) is 0. The summed E-state index contributed by atoms with van der Waals surface area (Å²) < 4.78 is 9.16. The number of nitrogens with zero attached hydrogens (tertiary/aromatic N) is 8. The first-order chi connectivity index (χ1) is 51.3. The fraction of sp³-hybridized carbons (Fsp3) is 0.0417. The van der Waals surface area contributed by atoms with Gasteiger partial charge in [-0.3, -0.25) is 9.13 Å². The molecule has 0 N–H and O–H groups in total. The van der Waals surface area contributed by atoms with E-state index in [-0.39, 0.29) is 0 Å². The van der Waals surface area contributed by atoms with E-state index in [0.29, 0.717) is 0 Å². The summed E-state index contributed by atoms with van der Waals surface area (Å²) >= 11 is 0. The zero-order valence-electron chi connectivity index (χ0n) is 57.8. The zero-order valence-corrected chi connectivity index (χ0v) is 57.8. The molecule has 104 heavy (non-hydrogen) atoms. The highest BCUT2D eigenvalue weighted by Crippen LogP contribution is 2.51. The lowest BCUT2D eigenvalue weighted by Gasteiger charge is -2.21. The molecule has 0 amide bonds. The van der Waals surface area contributed by atoms with Crippen LogP contribution in [-0.4, -0.2) is 38.2 Å². The van der Waals surface area contributed by atoms with E-state index in [4.69, 9.17) is 19.9 Å². The fourth-order valence-corrected chi connectivity index (χ4v) is 16.5. The Labute approximate surface area is 601 Å². The molecule has 16 aromatic carbocycles. The van der Waals surface area contributed by atoms with Crippen LogP contribution in [0.4, 0.5) is 0 Å². The van der Waals surface area contributed by atoms with Crippen LogP contribution in [0.2, 0.25) is 0 Å². The molecule has 0 aliphatic carbocycles. The molecule has 0 unspecified atom stereocenters. The quantitative estimate of drug-likeness (QED) is 0.121. The lowest BCUT2D eigenvalue weighted by Crippen LogP contribution is -2.02. The monoisotopic (exact) mass is 1330 g/mol. The van der Waals surface area contributed by atoms with Crippen molar-refractivity contribution >= 4 is 87.2 Å². The average molecular weight is 1330 g/mol. The minimum absolute atomic E-state index is 0.845. The predicted octanol–water partition coefficient (Wildman–Crippen LogP) is 24.4. The Morgan fingerprint density at radius 2 is 0.596 bits per heavy atom. The zero-order chi connectivity index (χ0) is 69.3. The number of para-hydroxylation sites is 2.